The minimum absolute atomic E-state index is 0.0257. The molecule has 3 aliphatic rings. The summed E-state index contributed by atoms with van der Waals surface area (Å²) < 4.78 is 21.5. The Bertz CT molecular complexity index is 1900. The molecule has 0 amide bonds. The van der Waals surface area contributed by atoms with Crippen LogP contribution < -0.4 is 4.74 Å². The van der Waals surface area contributed by atoms with Crippen molar-refractivity contribution in [2.45, 2.75) is 51.4 Å². The molecule has 41 heavy (non-hydrogen) atoms. The molecule has 8 rings (SSSR count). The first-order valence-electron chi connectivity index (χ1n) is 14.5. The van der Waals surface area contributed by atoms with Gasteiger partial charge in [-0.15, -0.1) is 0 Å². The van der Waals surface area contributed by atoms with Crippen molar-refractivity contribution < 1.29 is 14.0 Å². The smallest absolute Gasteiger partial charge is 0.485 e. The van der Waals surface area contributed by atoms with Crippen molar-refractivity contribution in [3.63, 3.8) is 0 Å². The third kappa shape index (κ3) is 3.76. The van der Waals surface area contributed by atoms with Crippen molar-refractivity contribution in [2.24, 2.45) is 0 Å². The van der Waals surface area contributed by atoms with Gasteiger partial charge >= 0.3 is 7.12 Å². The van der Waals surface area contributed by atoms with Crippen LogP contribution in [0.3, 0.4) is 0 Å². The zero-order valence-electron chi connectivity index (χ0n) is 23.8. The van der Waals surface area contributed by atoms with E-state index in [2.05, 4.69) is 135 Å². The van der Waals surface area contributed by atoms with E-state index in [1.54, 1.807) is 0 Å². The van der Waals surface area contributed by atoms with Crippen LogP contribution in [0.25, 0.3) is 44.2 Å². The van der Waals surface area contributed by atoms with Gasteiger partial charge in [0.2, 0.25) is 0 Å². The maximum atomic E-state index is 6.38. The molecule has 0 spiro atoms. The van der Waals surface area contributed by atoms with Gasteiger partial charge in [0.15, 0.2) is 0 Å². The van der Waals surface area contributed by atoms with Crippen LogP contribution in [0.5, 0.6) is 5.75 Å². The lowest BCUT2D eigenvalue weighted by Crippen LogP contribution is -2.41. The number of fused-ring (bicyclic) bond motifs is 6. The van der Waals surface area contributed by atoms with Crippen LogP contribution in [0.2, 0.25) is 0 Å². The highest BCUT2D eigenvalue weighted by Crippen LogP contribution is 2.46. The van der Waals surface area contributed by atoms with Crippen molar-refractivity contribution in [2.75, 3.05) is 0 Å². The summed E-state index contributed by atoms with van der Waals surface area (Å²) >= 11 is 0. The molecule has 1 fully saturated rings. The molecule has 4 aromatic carbocycles. The predicted molar refractivity (Wildman–Crippen MR) is 167 cm³/mol. The molecule has 2 aliphatic heterocycles. The van der Waals surface area contributed by atoms with Gasteiger partial charge in [0.05, 0.1) is 22.2 Å². The Labute approximate surface area is 241 Å². The van der Waals surface area contributed by atoms with Crippen molar-refractivity contribution >= 4 is 34.5 Å². The summed E-state index contributed by atoms with van der Waals surface area (Å²) in [6.45, 7) is 8.39. The first kappa shape index (κ1) is 24.7. The average molecular weight is 537 g/mol. The molecule has 1 aromatic heterocycles. The molecule has 202 valence electrons. The SMILES string of the molecule is CC1(C)OB(C2=CCC3Oc4ccc(-c5ccc6c(c5)c5ccccc5n6-c5ccccc5)cc4C3=C2)OC1(C)C. The van der Waals surface area contributed by atoms with E-state index < -0.39 is 0 Å². The van der Waals surface area contributed by atoms with Gasteiger partial charge in [-0.25, -0.2) is 0 Å². The van der Waals surface area contributed by atoms with Crippen molar-refractivity contribution in [3.8, 4) is 22.6 Å². The molecular weight excluding hydrogens is 505 g/mol. The van der Waals surface area contributed by atoms with E-state index in [0.29, 0.717) is 0 Å². The molecule has 4 nitrogen and oxygen atoms in total. The number of para-hydroxylation sites is 2. The van der Waals surface area contributed by atoms with Gasteiger partial charge in [0.1, 0.15) is 11.9 Å². The van der Waals surface area contributed by atoms with Crippen LogP contribution in [0, 0.1) is 0 Å². The van der Waals surface area contributed by atoms with Crippen LogP contribution in [-0.2, 0) is 9.31 Å². The van der Waals surface area contributed by atoms with E-state index in [0.717, 1.165) is 23.2 Å². The molecule has 1 aliphatic carbocycles. The number of rotatable bonds is 3. The van der Waals surface area contributed by atoms with E-state index in [9.17, 15) is 0 Å². The fourth-order valence-electron chi connectivity index (χ4n) is 6.41. The Balaban J connectivity index is 1.20. The first-order chi connectivity index (χ1) is 19.8. The summed E-state index contributed by atoms with van der Waals surface area (Å²) in [5.41, 5.74) is 8.66. The molecule has 5 heteroatoms. The van der Waals surface area contributed by atoms with Crippen LogP contribution >= 0.6 is 0 Å². The molecule has 1 unspecified atom stereocenters. The number of allylic oxidation sites excluding steroid dienone is 2. The minimum Gasteiger partial charge on any atom is -0.485 e. The van der Waals surface area contributed by atoms with Crippen LogP contribution in [0.1, 0.15) is 39.7 Å². The van der Waals surface area contributed by atoms with E-state index in [1.165, 1.54) is 44.2 Å². The fraction of sp³-hybridized carbons (Fsp3) is 0.222. The lowest BCUT2D eigenvalue weighted by atomic mass is 9.73. The van der Waals surface area contributed by atoms with Crippen LogP contribution in [-0.4, -0.2) is 29.0 Å². The molecular formula is C36H32BNO3. The Morgan fingerprint density at radius 3 is 2.22 bits per heavy atom. The average Bonchev–Trinajstić information content (AvgIpc) is 3.58. The third-order valence-corrected chi connectivity index (χ3v) is 9.34. The number of ether oxygens (including phenoxy) is 1. The maximum absolute atomic E-state index is 6.38. The van der Waals surface area contributed by atoms with Crippen molar-refractivity contribution in [3.05, 3.63) is 114 Å². The van der Waals surface area contributed by atoms with Crippen LogP contribution in [0.15, 0.2) is 109 Å². The Morgan fingerprint density at radius 2 is 1.41 bits per heavy atom. The molecule has 0 saturated carbocycles. The third-order valence-electron chi connectivity index (χ3n) is 9.34. The van der Waals surface area contributed by atoms with Gasteiger partial charge in [0.25, 0.3) is 0 Å². The van der Waals surface area contributed by atoms with Gasteiger partial charge in [-0.05, 0) is 86.8 Å². The molecule has 1 atom stereocenters. The quantitative estimate of drug-likeness (QED) is 0.216. The molecule has 0 bridgehead atoms. The van der Waals surface area contributed by atoms with E-state index in [1.807, 2.05) is 0 Å². The van der Waals surface area contributed by atoms with Crippen molar-refractivity contribution in [1.29, 1.82) is 0 Å². The molecule has 3 heterocycles. The lowest BCUT2D eigenvalue weighted by molar-refractivity contribution is 0.00578. The second-order valence-electron chi connectivity index (χ2n) is 12.4. The van der Waals surface area contributed by atoms with E-state index >= 15 is 0 Å². The number of hydrogen-bond donors (Lipinski definition) is 0. The minimum atomic E-state index is -0.370. The Kier molecular flexibility index (Phi) is 5.26. The van der Waals surface area contributed by atoms with E-state index in [4.69, 9.17) is 14.0 Å². The highest BCUT2D eigenvalue weighted by molar-refractivity contribution is 6.56. The highest BCUT2D eigenvalue weighted by Gasteiger charge is 2.52. The van der Waals surface area contributed by atoms with Crippen LogP contribution in [0.4, 0.5) is 0 Å². The monoisotopic (exact) mass is 537 g/mol. The molecule has 1 saturated heterocycles. The molecule has 0 N–H and O–H groups in total. The number of aromatic nitrogens is 1. The zero-order valence-corrected chi connectivity index (χ0v) is 23.8. The normalized spacial score (nSPS) is 20.5. The second kappa shape index (κ2) is 8.72. The number of benzene rings is 4. The first-order valence-corrected chi connectivity index (χ1v) is 14.5. The predicted octanol–water partition coefficient (Wildman–Crippen LogP) is 8.56. The fourth-order valence-corrected chi connectivity index (χ4v) is 6.41. The maximum Gasteiger partial charge on any atom is 0.494 e. The van der Waals surface area contributed by atoms with Gasteiger partial charge < -0.3 is 18.6 Å². The largest absolute Gasteiger partial charge is 0.494 e. The van der Waals surface area contributed by atoms with Gasteiger partial charge in [-0.1, -0.05) is 60.7 Å². The van der Waals surface area contributed by atoms with Gasteiger partial charge in [0, 0.05) is 34.0 Å². The lowest BCUT2D eigenvalue weighted by Gasteiger charge is -2.32. The van der Waals surface area contributed by atoms with Gasteiger partial charge in [-0.2, -0.15) is 0 Å². The zero-order chi connectivity index (χ0) is 27.9. The standard InChI is InChI=1S/C36H32BNO3/c1-35(2)36(3,4)41-37(40-35)25-16-19-34-30(22-25)29-21-24(15-18-33(29)39-34)23-14-17-32-28(20-23)27-12-8-9-13-31(27)38(32)26-10-6-5-7-11-26/h5-18,20-22,34H,19H2,1-4H3. The summed E-state index contributed by atoms with van der Waals surface area (Å²) in [5, 5.41) is 2.50. The van der Waals surface area contributed by atoms with Gasteiger partial charge in [-0.3, -0.25) is 0 Å². The summed E-state index contributed by atoms with van der Waals surface area (Å²) in [6, 6.07) is 32.7. The summed E-state index contributed by atoms with van der Waals surface area (Å²) in [5.74, 6) is 0.940. The topological polar surface area (TPSA) is 32.6 Å². The second-order valence-corrected chi connectivity index (χ2v) is 12.4. The summed E-state index contributed by atoms with van der Waals surface area (Å²) in [4.78, 5) is 0. The van der Waals surface area contributed by atoms with Crippen molar-refractivity contribution in [1.82, 2.24) is 4.57 Å². The Hall–Kier alpha value is -4.06. The molecule has 0 radical (unpaired) electrons. The summed E-state index contributed by atoms with van der Waals surface area (Å²) in [6.07, 6.45) is 5.26. The molecule has 5 aromatic rings. The number of hydrogen-bond acceptors (Lipinski definition) is 3. The highest BCUT2D eigenvalue weighted by atomic mass is 16.7. The van der Waals surface area contributed by atoms with E-state index in [-0.39, 0.29) is 24.4 Å². The Morgan fingerprint density at radius 1 is 0.732 bits per heavy atom. The number of nitrogens with zero attached hydrogens (tertiary/aromatic N) is 1. The summed E-state index contributed by atoms with van der Waals surface area (Å²) in [7, 11) is -0.370.